The Labute approximate surface area is 118 Å². The number of benzene rings is 1. The molecule has 2 fully saturated rings. The molecule has 0 radical (unpaired) electrons. The molecule has 1 aromatic carbocycles. The number of anilines is 1. The van der Waals surface area contributed by atoms with Crippen molar-refractivity contribution in [3.05, 3.63) is 27.7 Å². The van der Waals surface area contributed by atoms with E-state index in [1.807, 2.05) is 0 Å². The van der Waals surface area contributed by atoms with E-state index in [9.17, 15) is 9.59 Å². The molecule has 2 aliphatic rings. The minimum Gasteiger partial charge on any atom is -0.274 e. The van der Waals surface area contributed by atoms with Gasteiger partial charge in [-0.25, -0.2) is 0 Å². The molecule has 0 aromatic heterocycles. The summed E-state index contributed by atoms with van der Waals surface area (Å²) in [7, 11) is 0. The van der Waals surface area contributed by atoms with Gasteiger partial charge in [-0.05, 0) is 53.4 Å². The van der Waals surface area contributed by atoms with Crippen molar-refractivity contribution >= 4 is 45.0 Å². The van der Waals surface area contributed by atoms with Crippen molar-refractivity contribution in [3.8, 4) is 0 Å². The van der Waals surface area contributed by atoms with E-state index in [1.165, 1.54) is 4.90 Å². The first-order chi connectivity index (χ1) is 8.58. The zero-order chi connectivity index (χ0) is 12.9. The Bertz CT molecular complexity index is 524. The van der Waals surface area contributed by atoms with Crippen LogP contribution < -0.4 is 4.90 Å². The van der Waals surface area contributed by atoms with E-state index >= 15 is 0 Å². The first-order valence-corrected chi connectivity index (χ1v) is 7.08. The maximum absolute atomic E-state index is 12.2. The third-order valence-corrected chi connectivity index (χ3v) is 4.97. The van der Waals surface area contributed by atoms with Gasteiger partial charge in [-0.3, -0.25) is 14.5 Å². The highest BCUT2D eigenvalue weighted by Crippen LogP contribution is 2.40. The summed E-state index contributed by atoms with van der Waals surface area (Å²) < 4.78 is 0.757. The first-order valence-electron chi connectivity index (χ1n) is 5.91. The Hall–Kier alpha value is -0.870. The van der Waals surface area contributed by atoms with Gasteiger partial charge in [-0.15, -0.1) is 0 Å². The molecular formula is C13H11BrClNO2. The molecule has 18 heavy (non-hydrogen) atoms. The smallest absolute Gasteiger partial charge is 0.236 e. The lowest BCUT2D eigenvalue weighted by molar-refractivity contribution is -0.132. The van der Waals surface area contributed by atoms with Gasteiger partial charge in [0.25, 0.3) is 0 Å². The van der Waals surface area contributed by atoms with Gasteiger partial charge in [-0.2, -0.15) is 0 Å². The van der Waals surface area contributed by atoms with Crippen LogP contribution in [0.2, 0.25) is 5.02 Å². The van der Waals surface area contributed by atoms with Crippen LogP contribution in [0.25, 0.3) is 0 Å². The van der Waals surface area contributed by atoms with Gasteiger partial charge in [0.2, 0.25) is 11.8 Å². The number of carbonyl (C=O) groups is 2. The maximum Gasteiger partial charge on any atom is 0.236 e. The van der Waals surface area contributed by atoms with E-state index in [2.05, 4.69) is 15.9 Å². The Morgan fingerprint density at radius 3 is 2.33 bits per heavy atom. The average molecular weight is 329 g/mol. The summed E-state index contributed by atoms with van der Waals surface area (Å²) >= 11 is 9.32. The quantitative estimate of drug-likeness (QED) is 0.741. The van der Waals surface area contributed by atoms with Crippen LogP contribution in [0.1, 0.15) is 19.3 Å². The molecule has 2 unspecified atom stereocenters. The van der Waals surface area contributed by atoms with E-state index in [-0.39, 0.29) is 23.7 Å². The van der Waals surface area contributed by atoms with Gasteiger partial charge in [-0.1, -0.05) is 11.6 Å². The number of rotatable bonds is 1. The van der Waals surface area contributed by atoms with Gasteiger partial charge in [0, 0.05) is 16.3 Å². The largest absolute Gasteiger partial charge is 0.274 e. The van der Waals surface area contributed by atoms with Crippen LogP contribution in [0.4, 0.5) is 5.69 Å². The molecular weight excluding hydrogens is 318 g/mol. The Kier molecular flexibility index (Phi) is 2.94. The summed E-state index contributed by atoms with van der Waals surface area (Å²) in [5, 5.41) is 0.506. The molecule has 2 bridgehead atoms. The second-order valence-electron chi connectivity index (χ2n) is 4.82. The van der Waals surface area contributed by atoms with Gasteiger partial charge < -0.3 is 0 Å². The van der Waals surface area contributed by atoms with E-state index < -0.39 is 0 Å². The van der Waals surface area contributed by atoms with Gasteiger partial charge in [0.1, 0.15) is 0 Å². The molecule has 5 heteroatoms. The van der Waals surface area contributed by atoms with E-state index in [0.717, 1.165) is 23.7 Å². The zero-order valence-corrected chi connectivity index (χ0v) is 11.9. The van der Waals surface area contributed by atoms with Crippen LogP contribution in [-0.4, -0.2) is 11.8 Å². The summed E-state index contributed by atoms with van der Waals surface area (Å²) in [6.07, 6.45) is 2.38. The second kappa shape index (κ2) is 4.35. The molecule has 1 aliphatic carbocycles. The minimum absolute atomic E-state index is 0.00937. The van der Waals surface area contributed by atoms with E-state index in [1.54, 1.807) is 18.2 Å². The Morgan fingerprint density at radius 1 is 1.17 bits per heavy atom. The van der Waals surface area contributed by atoms with Crippen LogP contribution in [0.15, 0.2) is 22.7 Å². The third kappa shape index (κ3) is 1.79. The number of carbonyl (C=O) groups excluding carboxylic acids is 2. The molecule has 2 amide bonds. The van der Waals surface area contributed by atoms with E-state index in [0.29, 0.717) is 10.7 Å². The van der Waals surface area contributed by atoms with Crippen LogP contribution in [0.3, 0.4) is 0 Å². The number of hydrogen-bond donors (Lipinski definition) is 0. The average Bonchev–Trinajstić information content (AvgIpc) is 2.78. The predicted octanol–water partition coefficient (Wildman–Crippen LogP) is 3.39. The van der Waals surface area contributed by atoms with E-state index in [4.69, 9.17) is 11.6 Å². The fourth-order valence-corrected chi connectivity index (χ4v) is 3.20. The SMILES string of the molecule is O=C1C2CCC(C2)C(=O)N1c1ccc(Br)c(Cl)c1. The molecule has 1 heterocycles. The lowest BCUT2D eigenvalue weighted by Crippen LogP contribution is -2.46. The van der Waals surface area contributed by atoms with Gasteiger partial charge >= 0.3 is 0 Å². The van der Waals surface area contributed by atoms with Gasteiger partial charge in [0.05, 0.1) is 10.7 Å². The lowest BCUT2D eigenvalue weighted by atomic mass is 9.96. The van der Waals surface area contributed by atoms with Crippen molar-refractivity contribution in [2.75, 3.05) is 4.90 Å². The third-order valence-electron chi connectivity index (χ3n) is 3.73. The second-order valence-corrected chi connectivity index (χ2v) is 6.08. The number of nitrogens with zero attached hydrogens (tertiary/aromatic N) is 1. The summed E-state index contributed by atoms with van der Waals surface area (Å²) in [6, 6.07) is 5.16. The number of fused-ring (bicyclic) bond motifs is 2. The van der Waals surface area contributed by atoms with Crippen LogP contribution in [-0.2, 0) is 9.59 Å². The van der Waals surface area contributed by atoms with Crippen molar-refractivity contribution in [2.24, 2.45) is 11.8 Å². The highest BCUT2D eigenvalue weighted by molar-refractivity contribution is 9.10. The van der Waals surface area contributed by atoms with Crippen molar-refractivity contribution < 1.29 is 9.59 Å². The monoisotopic (exact) mass is 327 g/mol. The normalized spacial score (nSPS) is 26.9. The summed E-state index contributed by atoms with van der Waals surface area (Å²) in [4.78, 5) is 25.8. The van der Waals surface area contributed by atoms with Crippen molar-refractivity contribution in [3.63, 3.8) is 0 Å². The van der Waals surface area contributed by atoms with Crippen LogP contribution >= 0.6 is 27.5 Å². The molecule has 0 spiro atoms. The van der Waals surface area contributed by atoms with Gasteiger partial charge in [0.15, 0.2) is 0 Å². The fourth-order valence-electron chi connectivity index (χ4n) is 2.78. The van der Waals surface area contributed by atoms with Crippen molar-refractivity contribution in [1.82, 2.24) is 0 Å². The van der Waals surface area contributed by atoms with Crippen LogP contribution in [0.5, 0.6) is 0 Å². The topological polar surface area (TPSA) is 37.4 Å². The summed E-state index contributed by atoms with van der Waals surface area (Å²) in [5.41, 5.74) is 0.579. The number of imide groups is 1. The predicted molar refractivity (Wildman–Crippen MR) is 72.5 cm³/mol. The minimum atomic E-state index is -0.0767. The summed E-state index contributed by atoms with van der Waals surface area (Å²) in [5.74, 6) is -0.135. The van der Waals surface area contributed by atoms with Crippen LogP contribution in [0, 0.1) is 11.8 Å². The number of halogens is 2. The molecule has 1 aliphatic heterocycles. The first kappa shape index (κ1) is 12.2. The zero-order valence-electron chi connectivity index (χ0n) is 9.53. The Balaban J connectivity index is 2.02. The number of amides is 2. The molecule has 2 atom stereocenters. The maximum atomic E-state index is 12.2. The molecule has 1 aromatic rings. The highest BCUT2D eigenvalue weighted by atomic mass is 79.9. The van der Waals surface area contributed by atoms with Crippen molar-refractivity contribution in [2.45, 2.75) is 19.3 Å². The molecule has 3 rings (SSSR count). The lowest BCUT2D eigenvalue weighted by Gasteiger charge is -2.29. The molecule has 3 nitrogen and oxygen atoms in total. The fraction of sp³-hybridized carbons (Fsp3) is 0.385. The summed E-state index contributed by atoms with van der Waals surface area (Å²) in [6.45, 7) is 0. The standard InChI is InChI=1S/C13H11BrClNO2/c14-10-4-3-9(6-11(10)15)16-12(17)7-1-2-8(5-7)13(16)18/h3-4,6-8H,1-2,5H2. The molecule has 0 N–H and O–H groups in total. The van der Waals surface area contributed by atoms with Crippen molar-refractivity contribution in [1.29, 1.82) is 0 Å². The molecule has 1 saturated heterocycles. The molecule has 94 valence electrons. The number of hydrogen-bond acceptors (Lipinski definition) is 2. The Morgan fingerprint density at radius 2 is 1.78 bits per heavy atom. The number of piperidine rings is 1. The molecule has 1 saturated carbocycles. The highest BCUT2D eigenvalue weighted by Gasteiger charge is 2.45.